The minimum atomic E-state index is -0.477. The normalized spacial score (nSPS) is 11.2. The first-order chi connectivity index (χ1) is 7.67. The number of benzene rings is 1. The van der Waals surface area contributed by atoms with Crippen molar-refractivity contribution in [3.63, 3.8) is 0 Å². The summed E-state index contributed by atoms with van der Waals surface area (Å²) in [6, 6.07) is 5.24. The molecule has 0 spiro atoms. The van der Waals surface area contributed by atoms with Gasteiger partial charge in [-0.05, 0) is 37.6 Å². The van der Waals surface area contributed by atoms with Gasteiger partial charge in [-0.15, -0.1) is 5.92 Å². The van der Waals surface area contributed by atoms with E-state index in [2.05, 4.69) is 11.8 Å². The quantitative estimate of drug-likeness (QED) is 0.578. The fourth-order valence-corrected chi connectivity index (χ4v) is 1.16. The van der Waals surface area contributed by atoms with Crippen molar-refractivity contribution < 1.29 is 13.9 Å². The topological polar surface area (TPSA) is 26.3 Å². The highest BCUT2D eigenvalue weighted by molar-refractivity contribution is 5.89. The van der Waals surface area contributed by atoms with E-state index in [1.807, 2.05) is 6.92 Å². The Morgan fingerprint density at radius 2 is 2.06 bits per heavy atom. The first-order valence-electron chi connectivity index (χ1n) is 5.06. The van der Waals surface area contributed by atoms with Gasteiger partial charge in [-0.2, -0.15) is 0 Å². The molecule has 0 aliphatic heterocycles. The van der Waals surface area contributed by atoms with Crippen molar-refractivity contribution >= 4 is 5.97 Å². The number of halogens is 1. The van der Waals surface area contributed by atoms with Gasteiger partial charge in [0.1, 0.15) is 5.82 Å². The Morgan fingerprint density at radius 3 is 2.56 bits per heavy atom. The summed E-state index contributed by atoms with van der Waals surface area (Å²) < 4.78 is 17.8. The van der Waals surface area contributed by atoms with Gasteiger partial charge in [0, 0.05) is 0 Å². The van der Waals surface area contributed by atoms with Crippen molar-refractivity contribution in [2.45, 2.75) is 26.4 Å². The Hall–Kier alpha value is -1.82. The van der Waals surface area contributed by atoms with Gasteiger partial charge in [-0.1, -0.05) is 12.8 Å². The van der Waals surface area contributed by atoms with Crippen LogP contribution < -0.4 is 0 Å². The van der Waals surface area contributed by atoms with Gasteiger partial charge >= 0.3 is 5.97 Å². The van der Waals surface area contributed by atoms with Crippen molar-refractivity contribution in [1.82, 2.24) is 0 Å². The van der Waals surface area contributed by atoms with E-state index >= 15 is 0 Å². The molecule has 0 amide bonds. The maximum atomic E-state index is 12.6. The maximum absolute atomic E-state index is 12.6. The molecule has 1 aromatic carbocycles. The van der Waals surface area contributed by atoms with E-state index in [0.29, 0.717) is 12.0 Å². The third kappa shape index (κ3) is 3.39. The average molecular weight is 220 g/mol. The largest absolute Gasteiger partial charge is 0.446 e. The number of ether oxygens (including phenoxy) is 1. The van der Waals surface area contributed by atoms with Gasteiger partial charge in [-0.3, -0.25) is 0 Å². The Kier molecular flexibility index (Phi) is 4.53. The van der Waals surface area contributed by atoms with E-state index in [1.165, 1.54) is 24.3 Å². The molecule has 84 valence electrons. The lowest BCUT2D eigenvalue weighted by Crippen LogP contribution is -2.15. The minimum absolute atomic E-state index is 0.331. The molecule has 0 fully saturated rings. The maximum Gasteiger partial charge on any atom is 0.339 e. The van der Waals surface area contributed by atoms with Crippen molar-refractivity contribution in [1.29, 1.82) is 0 Å². The number of hydrogen-bond donors (Lipinski definition) is 0. The third-order valence-corrected chi connectivity index (χ3v) is 2.01. The van der Waals surface area contributed by atoms with E-state index < -0.39 is 12.1 Å². The second kappa shape index (κ2) is 5.92. The fourth-order valence-electron chi connectivity index (χ4n) is 1.16. The molecular formula is C13H13FO2. The lowest BCUT2D eigenvalue weighted by molar-refractivity contribution is 0.0404. The molecular weight excluding hydrogens is 207 g/mol. The summed E-state index contributed by atoms with van der Waals surface area (Å²) in [6.07, 6.45) is 0.232. The summed E-state index contributed by atoms with van der Waals surface area (Å²) >= 11 is 0. The van der Waals surface area contributed by atoms with Gasteiger partial charge in [0.25, 0.3) is 0 Å². The van der Waals surface area contributed by atoms with Crippen LogP contribution in [0.2, 0.25) is 0 Å². The zero-order valence-corrected chi connectivity index (χ0v) is 9.29. The highest BCUT2D eigenvalue weighted by Crippen LogP contribution is 2.07. The fraction of sp³-hybridized carbons (Fsp3) is 0.308. The standard InChI is InChI=1S/C13H13FO2/c1-3-5-12(4-2)16-13(15)10-6-8-11(14)9-7-10/h6-9,12H,4H2,1-2H3. The van der Waals surface area contributed by atoms with Crippen LogP contribution in [0, 0.1) is 17.7 Å². The molecule has 2 nitrogen and oxygen atoms in total. The molecule has 1 unspecified atom stereocenters. The van der Waals surface area contributed by atoms with Crippen LogP contribution in [0.3, 0.4) is 0 Å². The summed E-state index contributed by atoms with van der Waals surface area (Å²) in [6.45, 7) is 3.57. The summed E-state index contributed by atoms with van der Waals surface area (Å²) in [5, 5.41) is 0. The molecule has 0 saturated carbocycles. The molecule has 3 heteroatoms. The van der Waals surface area contributed by atoms with Crippen LogP contribution >= 0.6 is 0 Å². The van der Waals surface area contributed by atoms with Crippen LogP contribution in [0.4, 0.5) is 4.39 Å². The van der Waals surface area contributed by atoms with E-state index in [-0.39, 0.29) is 5.82 Å². The number of carbonyl (C=O) groups excluding carboxylic acids is 1. The molecule has 0 heterocycles. The monoisotopic (exact) mass is 220 g/mol. The van der Waals surface area contributed by atoms with Gasteiger partial charge in [0.15, 0.2) is 6.10 Å². The Labute approximate surface area is 94.4 Å². The molecule has 1 aromatic rings. The van der Waals surface area contributed by atoms with Crippen LogP contribution in [0.25, 0.3) is 0 Å². The van der Waals surface area contributed by atoms with Gasteiger partial charge in [0.05, 0.1) is 5.56 Å². The highest BCUT2D eigenvalue weighted by Gasteiger charge is 2.11. The predicted molar refractivity (Wildman–Crippen MR) is 59.3 cm³/mol. The predicted octanol–water partition coefficient (Wildman–Crippen LogP) is 2.78. The molecule has 1 rings (SSSR count). The van der Waals surface area contributed by atoms with E-state index in [4.69, 9.17) is 4.74 Å². The third-order valence-electron chi connectivity index (χ3n) is 2.01. The highest BCUT2D eigenvalue weighted by atomic mass is 19.1. The SMILES string of the molecule is CC#CC(CC)OC(=O)c1ccc(F)cc1. The van der Waals surface area contributed by atoms with E-state index in [9.17, 15) is 9.18 Å². The molecule has 0 saturated heterocycles. The molecule has 0 N–H and O–H groups in total. The van der Waals surface area contributed by atoms with Crippen LogP contribution in [0.15, 0.2) is 24.3 Å². The van der Waals surface area contributed by atoms with Crippen LogP contribution in [-0.4, -0.2) is 12.1 Å². The number of carbonyl (C=O) groups is 1. The number of hydrogen-bond acceptors (Lipinski definition) is 2. The molecule has 0 radical (unpaired) electrons. The first kappa shape index (κ1) is 12.3. The van der Waals surface area contributed by atoms with Crippen LogP contribution in [-0.2, 0) is 4.74 Å². The molecule has 0 aliphatic rings. The molecule has 1 atom stereocenters. The van der Waals surface area contributed by atoms with Crippen molar-refractivity contribution in [2.24, 2.45) is 0 Å². The summed E-state index contributed by atoms with van der Waals surface area (Å²) in [7, 11) is 0. The smallest absolute Gasteiger partial charge is 0.339 e. The zero-order chi connectivity index (χ0) is 12.0. The van der Waals surface area contributed by atoms with Crippen molar-refractivity contribution in [2.75, 3.05) is 0 Å². The summed E-state index contributed by atoms with van der Waals surface area (Å²) in [5.41, 5.74) is 0.331. The Bertz CT molecular complexity index is 412. The van der Waals surface area contributed by atoms with Crippen molar-refractivity contribution in [3.8, 4) is 11.8 Å². The lowest BCUT2D eigenvalue weighted by Gasteiger charge is -2.09. The first-order valence-corrected chi connectivity index (χ1v) is 5.06. The van der Waals surface area contributed by atoms with Crippen LogP contribution in [0.1, 0.15) is 30.6 Å². The molecule has 0 aromatic heterocycles. The zero-order valence-electron chi connectivity index (χ0n) is 9.29. The van der Waals surface area contributed by atoms with Gasteiger partial charge in [0.2, 0.25) is 0 Å². The van der Waals surface area contributed by atoms with Gasteiger partial charge in [-0.25, -0.2) is 9.18 Å². The summed E-state index contributed by atoms with van der Waals surface area (Å²) in [5.74, 6) is 4.62. The lowest BCUT2D eigenvalue weighted by atomic mass is 10.2. The van der Waals surface area contributed by atoms with Crippen LogP contribution in [0.5, 0.6) is 0 Å². The van der Waals surface area contributed by atoms with Gasteiger partial charge < -0.3 is 4.74 Å². The molecule has 0 bridgehead atoms. The second-order valence-corrected chi connectivity index (χ2v) is 3.20. The second-order valence-electron chi connectivity index (χ2n) is 3.20. The molecule has 0 aliphatic carbocycles. The molecule has 16 heavy (non-hydrogen) atoms. The van der Waals surface area contributed by atoms with Crippen molar-refractivity contribution in [3.05, 3.63) is 35.6 Å². The van der Waals surface area contributed by atoms with E-state index in [1.54, 1.807) is 6.92 Å². The number of rotatable bonds is 3. The Balaban J connectivity index is 2.70. The summed E-state index contributed by atoms with van der Waals surface area (Å²) in [4.78, 5) is 11.6. The number of esters is 1. The average Bonchev–Trinajstić information content (AvgIpc) is 2.29. The minimum Gasteiger partial charge on any atom is -0.446 e. The van der Waals surface area contributed by atoms with E-state index in [0.717, 1.165) is 0 Å². The Morgan fingerprint density at radius 1 is 1.44 bits per heavy atom.